The van der Waals surface area contributed by atoms with Gasteiger partial charge in [0, 0.05) is 7.26 Å². The van der Waals surface area contributed by atoms with E-state index < -0.39 is 36.1 Å². The number of rotatable bonds is 12. The molecular weight excluding hydrogens is 500 g/mol. The summed E-state index contributed by atoms with van der Waals surface area (Å²) >= 11 is 0. The molecule has 0 bridgehead atoms. The van der Waals surface area contributed by atoms with E-state index in [1.165, 1.54) is 12.1 Å². The number of hydrogen-bond acceptors (Lipinski definition) is 2. The van der Waals surface area contributed by atoms with Gasteiger partial charge in [-0.3, -0.25) is 0 Å². The molecule has 7 heteroatoms. The summed E-state index contributed by atoms with van der Waals surface area (Å²) < 4.78 is 46.8. The number of esters is 1. The van der Waals surface area contributed by atoms with E-state index in [0.717, 1.165) is 63.2 Å². The molecule has 0 aromatic heterocycles. The zero-order chi connectivity index (χ0) is 23.7. The molecule has 0 radical (unpaired) electrons. The Morgan fingerprint density at radius 1 is 0.906 bits per heavy atom. The standard InChI is InChI=1S/C25H41F3O2P.BrH/c1-7-10-15-31(16-11-8-2,17-12-9-3)19-20-13-14-21(22(18-20)25(26,27)28)23(29)30-24(4,5)6;/h13-14,18H,7-12,15-17,19H2,1-6H3;1H/q+1;/p-1. The Labute approximate surface area is 204 Å². The van der Waals surface area contributed by atoms with Gasteiger partial charge < -0.3 is 21.7 Å². The van der Waals surface area contributed by atoms with Crippen LogP contribution in [-0.4, -0.2) is 30.1 Å². The van der Waals surface area contributed by atoms with Gasteiger partial charge in [0.15, 0.2) is 0 Å². The van der Waals surface area contributed by atoms with E-state index in [4.69, 9.17) is 4.74 Å². The van der Waals surface area contributed by atoms with Crippen LogP contribution < -0.4 is 17.0 Å². The van der Waals surface area contributed by atoms with Gasteiger partial charge in [-0.2, -0.15) is 13.2 Å². The molecule has 0 saturated heterocycles. The quantitative estimate of drug-likeness (QED) is 0.255. The summed E-state index contributed by atoms with van der Waals surface area (Å²) in [5.74, 6) is -0.921. The van der Waals surface area contributed by atoms with Crippen molar-refractivity contribution in [1.82, 2.24) is 0 Å². The molecule has 0 amide bonds. The fraction of sp³-hybridized carbons (Fsp3) is 0.720. The number of alkyl halides is 3. The molecule has 0 aliphatic rings. The fourth-order valence-electron chi connectivity index (χ4n) is 3.88. The SMILES string of the molecule is CCCC[P+](CCCC)(CCCC)Cc1ccc(C(=O)OC(C)(C)C)c(C(F)(F)F)c1.[Br-]. The van der Waals surface area contributed by atoms with Crippen LogP contribution in [0.5, 0.6) is 0 Å². The second-order valence-corrected chi connectivity index (χ2v) is 14.0. The predicted octanol–water partition coefficient (Wildman–Crippen LogP) is 5.58. The maximum absolute atomic E-state index is 13.9. The minimum absolute atomic E-state index is 0. The molecule has 0 atom stereocenters. The topological polar surface area (TPSA) is 26.3 Å². The van der Waals surface area contributed by atoms with E-state index in [0.29, 0.717) is 5.56 Å². The van der Waals surface area contributed by atoms with Crippen LogP contribution in [0.2, 0.25) is 0 Å². The minimum Gasteiger partial charge on any atom is -1.00 e. The van der Waals surface area contributed by atoms with Crippen molar-refractivity contribution in [3.8, 4) is 0 Å². The summed E-state index contributed by atoms with van der Waals surface area (Å²) in [7, 11) is -1.40. The van der Waals surface area contributed by atoms with Gasteiger partial charge in [-0.25, -0.2) is 4.79 Å². The highest BCUT2D eigenvalue weighted by Gasteiger charge is 2.39. The molecule has 0 N–H and O–H groups in total. The average molecular weight is 541 g/mol. The molecule has 0 unspecified atom stereocenters. The van der Waals surface area contributed by atoms with Gasteiger partial charge in [0.25, 0.3) is 0 Å². The number of halogens is 4. The van der Waals surface area contributed by atoms with Crippen LogP contribution in [0.1, 0.15) is 102 Å². The fourth-order valence-corrected chi connectivity index (χ4v) is 8.95. The smallest absolute Gasteiger partial charge is 0.417 e. The predicted molar refractivity (Wildman–Crippen MR) is 127 cm³/mol. The first kappa shape index (κ1) is 31.4. The summed E-state index contributed by atoms with van der Waals surface area (Å²) in [6, 6.07) is 4.24. The second-order valence-electron chi connectivity index (χ2n) is 9.61. The first-order valence-electron chi connectivity index (χ1n) is 11.7. The number of ether oxygens (including phenoxy) is 1. The second kappa shape index (κ2) is 13.9. The normalized spacial score (nSPS) is 12.4. The Kier molecular flexibility index (Phi) is 13.7. The maximum Gasteiger partial charge on any atom is 0.417 e. The molecular formula is C25H41BrF3O2P. The third-order valence-electron chi connectivity index (χ3n) is 5.48. The lowest BCUT2D eigenvalue weighted by Gasteiger charge is -2.28. The van der Waals surface area contributed by atoms with E-state index >= 15 is 0 Å². The van der Waals surface area contributed by atoms with Gasteiger partial charge in [0.1, 0.15) is 5.60 Å². The minimum atomic E-state index is -4.60. The summed E-state index contributed by atoms with van der Waals surface area (Å²) in [6.45, 7) is 11.5. The number of benzene rings is 1. The van der Waals surface area contributed by atoms with E-state index in [-0.39, 0.29) is 17.0 Å². The number of unbranched alkanes of at least 4 members (excludes halogenated alkanes) is 3. The first-order valence-corrected chi connectivity index (χ1v) is 14.2. The zero-order valence-electron chi connectivity index (χ0n) is 20.6. The van der Waals surface area contributed by atoms with Crippen LogP contribution in [0.15, 0.2) is 18.2 Å². The monoisotopic (exact) mass is 540 g/mol. The van der Waals surface area contributed by atoms with E-state index in [2.05, 4.69) is 20.8 Å². The Balaban J connectivity index is 0.00000961. The van der Waals surface area contributed by atoms with Crippen molar-refractivity contribution in [3.63, 3.8) is 0 Å². The summed E-state index contributed by atoms with van der Waals surface area (Å²) in [4.78, 5) is 12.4. The number of carbonyl (C=O) groups excluding carboxylic acids is 1. The van der Waals surface area contributed by atoms with Crippen molar-refractivity contribution in [2.75, 3.05) is 18.5 Å². The molecule has 2 nitrogen and oxygen atoms in total. The number of hydrogen-bond donors (Lipinski definition) is 0. The lowest BCUT2D eigenvalue weighted by Crippen LogP contribution is -3.00. The number of carbonyl (C=O) groups is 1. The van der Waals surface area contributed by atoms with Gasteiger partial charge in [-0.1, -0.05) is 46.1 Å². The van der Waals surface area contributed by atoms with Crippen LogP contribution in [0.4, 0.5) is 13.2 Å². The molecule has 0 saturated carbocycles. The Morgan fingerprint density at radius 2 is 1.38 bits per heavy atom. The summed E-state index contributed by atoms with van der Waals surface area (Å²) in [5.41, 5.74) is -1.42. The Morgan fingerprint density at radius 3 is 1.75 bits per heavy atom. The van der Waals surface area contributed by atoms with E-state index in [1.807, 2.05) is 0 Å². The van der Waals surface area contributed by atoms with Crippen molar-refractivity contribution in [2.45, 2.75) is 98.0 Å². The van der Waals surface area contributed by atoms with Crippen LogP contribution in [0.3, 0.4) is 0 Å². The molecule has 0 aliphatic carbocycles. The Hall–Kier alpha value is -0.610. The van der Waals surface area contributed by atoms with E-state index in [1.54, 1.807) is 26.8 Å². The molecule has 186 valence electrons. The molecule has 32 heavy (non-hydrogen) atoms. The van der Waals surface area contributed by atoms with Gasteiger partial charge in [0.2, 0.25) is 0 Å². The molecule has 1 aromatic rings. The lowest BCUT2D eigenvalue weighted by atomic mass is 10.0. The highest BCUT2D eigenvalue weighted by Crippen LogP contribution is 2.63. The highest BCUT2D eigenvalue weighted by molar-refractivity contribution is 7.75. The third-order valence-corrected chi connectivity index (χ3v) is 10.3. The maximum atomic E-state index is 13.9. The van der Waals surface area contributed by atoms with Crippen molar-refractivity contribution < 1.29 is 39.7 Å². The molecule has 0 fully saturated rings. The van der Waals surface area contributed by atoms with Gasteiger partial charge in [-0.15, -0.1) is 0 Å². The highest BCUT2D eigenvalue weighted by atomic mass is 79.9. The van der Waals surface area contributed by atoms with Crippen LogP contribution >= 0.6 is 7.26 Å². The lowest BCUT2D eigenvalue weighted by molar-refractivity contribution is -0.138. The summed E-state index contributed by atoms with van der Waals surface area (Å²) in [6.07, 6.45) is 6.23. The van der Waals surface area contributed by atoms with Crippen molar-refractivity contribution in [2.24, 2.45) is 0 Å². The van der Waals surface area contributed by atoms with Gasteiger partial charge in [0.05, 0.1) is 35.8 Å². The molecule has 0 spiro atoms. The molecule has 0 aliphatic heterocycles. The van der Waals surface area contributed by atoms with E-state index in [9.17, 15) is 18.0 Å². The average Bonchev–Trinajstić information content (AvgIpc) is 2.67. The largest absolute Gasteiger partial charge is 1.00 e. The first-order chi connectivity index (χ1) is 14.4. The van der Waals surface area contributed by atoms with Crippen LogP contribution in [0, 0.1) is 0 Å². The third kappa shape index (κ3) is 10.5. The van der Waals surface area contributed by atoms with Crippen molar-refractivity contribution in [3.05, 3.63) is 34.9 Å². The molecule has 0 heterocycles. The van der Waals surface area contributed by atoms with Crippen LogP contribution in [-0.2, 0) is 17.1 Å². The van der Waals surface area contributed by atoms with Gasteiger partial charge in [-0.05, 0) is 57.7 Å². The molecule has 1 rings (SSSR count). The van der Waals surface area contributed by atoms with Gasteiger partial charge >= 0.3 is 12.1 Å². The zero-order valence-corrected chi connectivity index (χ0v) is 23.1. The Bertz CT molecular complexity index is 678. The summed E-state index contributed by atoms with van der Waals surface area (Å²) in [5, 5.41) is 0. The van der Waals surface area contributed by atoms with Crippen molar-refractivity contribution >= 4 is 13.2 Å². The molecule has 1 aromatic carbocycles. The van der Waals surface area contributed by atoms with Crippen LogP contribution in [0.25, 0.3) is 0 Å². The van der Waals surface area contributed by atoms with Crippen molar-refractivity contribution in [1.29, 1.82) is 0 Å².